The third-order valence-corrected chi connectivity index (χ3v) is 2.52. The summed E-state index contributed by atoms with van der Waals surface area (Å²) in [6.45, 7) is 1.79. The Balaban J connectivity index is 2.17. The van der Waals surface area contributed by atoms with Crippen LogP contribution in [0.1, 0.15) is 13.3 Å². The summed E-state index contributed by atoms with van der Waals surface area (Å²) >= 11 is 5.75. The molecule has 0 fully saturated rings. The van der Waals surface area contributed by atoms with Gasteiger partial charge in [-0.2, -0.15) is 0 Å². The molecule has 0 saturated heterocycles. The molecule has 3 nitrogen and oxygen atoms in total. The molecule has 1 N–H and O–H groups in total. The van der Waals surface area contributed by atoms with Crippen LogP contribution in [0.5, 0.6) is 0 Å². The molecule has 0 aliphatic rings. The molecule has 1 atom stereocenters. The van der Waals surface area contributed by atoms with Gasteiger partial charge in [0.25, 0.3) is 0 Å². The summed E-state index contributed by atoms with van der Waals surface area (Å²) in [6.07, 6.45) is 2.03. The number of carbonyl (C=O) groups is 1. The van der Waals surface area contributed by atoms with E-state index in [1.807, 2.05) is 30.3 Å². The Morgan fingerprint density at radius 1 is 1.41 bits per heavy atom. The Kier molecular flexibility index (Phi) is 3.59. The summed E-state index contributed by atoms with van der Waals surface area (Å²) in [4.78, 5) is 15.7. The van der Waals surface area contributed by atoms with Crippen molar-refractivity contribution in [3.05, 3.63) is 36.5 Å². The van der Waals surface area contributed by atoms with Gasteiger partial charge in [-0.15, -0.1) is 11.6 Å². The Bertz CT molecular complexity index is 540. The van der Waals surface area contributed by atoms with E-state index in [4.69, 9.17) is 11.6 Å². The van der Waals surface area contributed by atoms with Crippen molar-refractivity contribution in [3.63, 3.8) is 0 Å². The first-order valence-electron chi connectivity index (χ1n) is 5.44. The van der Waals surface area contributed by atoms with Crippen LogP contribution in [-0.4, -0.2) is 16.3 Å². The van der Waals surface area contributed by atoms with Crippen LogP contribution in [0, 0.1) is 0 Å². The predicted molar refractivity (Wildman–Crippen MR) is 70.3 cm³/mol. The number of anilines is 1. The number of pyridine rings is 1. The van der Waals surface area contributed by atoms with E-state index in [2.05, 4.69) is 10.3 Å². The lowest BCUT2D eigenvalue weighted by Crippen LogP contribution is -2.15. The van der Waals surface area contributed by atoms with Crippen molar-refractivity contribution in [2.24, 2.45) is 0 Å². The highest BCUT2D eigenvalue weighted by Gasteiger charge is 2.07. The highest BCUT2D eigenvalue weighted by atomic mass is 35.5. The number of carbonyl (C=O) groups excluding carboxylic acids is 1. The second-order valence-corrected chi connectivity index (χ2v) is 4.69. The van der Waals surface area contributed by atoms with Gasteiger partial charge >= 0.3 is 0 Å². The maximum absolute atomic E-state index is 11.5. The highest BCUT2D eigenvalue weighted by Crippen LogP contribution is 2.16. The number of amides is 1. The highest BCUT2D eigenvalue weighted by molar-refractivity contribution is 6.21. The number of alkyl halides is 1. The number of aromatic nitrogens is 1. The molecule has 1 unspecified atom stereocenters. The van der Waals surface area contributed by atoms with Gasteiger partial charge in [-0.05, 0) is 18.4 Å². The normalized spacial score (nSPS) is 12.4. The summed E-state index contributed by atoms with van der Waals surface area (Å²) in [7, 11) is 0. The van der Waals surface area contributed by atoms with Crippen molar-refractivity contribution in [2.45, 2.75) is 18.7 Å². The summed E-state index contributed by atoms with van der Waals surface area (Å²) in [5.74, 6) is 0.446. The number of hydrogen-bond acceptors (Lipinski definition) is 2. The van der Waals surface area contributed by atoms with E-state index < -0.39 is 0 Å². The van der Waals surface area contributed by atoms with Gasteiger partial charge in [-0.1, -0.05) is 24.3 Å². The van der Waals surface area contributed by atoms with E-state index in [1.165, 1.54) is 0 Å². The summed E-state index contributed by atoms with van der Waals surface area (Å²) in [5, 5.41) is 4.66. The molecule has 0 aliphatic carbocycles. The van der Waals surface area contributed by atoms with Crippen LogP contribution in [0.15, 0.2) is 36.5 Å². The van der Waals surface area contributed by atoms with E-state index in [-0.39, 0.29) is 17.7 Å². The third kappa shape index (κ3) is 3.17. The van der Waals surface area contributed by atoms with Crippen molar-refractivity contribution in [2.75, 3.05) is 5.32 Å². The minimum atomic E-state index is -0.171. The van der Waals surface area contributed by atoms with Gasteiger partial charge in [-0.3, -0.25) is 4.79 Å². The van der Waals surface area contributed by atoms with Crippen LogP contribution in [0.25, 0.3) is 10.8 Å². The minimum Gasteiger partial charge on any atom is -0.311 e. The summed E-state index contributed by atoms with van der Waals surface area (Å²) < 4.78 is 0. The first-order valence-corrected chi connectivity index (χ1v) is 5.87. The number of rotatable bonds is 3. The predicted octanol–water partition coefficient (Wildman–Crippen LogP) is 3.19. The second-order valence-electron chi connectivity index (χ2n) is 3.95. The number of halogens is 1. The molecular formula is C13H13ClN2O. The number of fused-ring (bicyclic) bond motifs is 1. The average molecular weight is 249 g/mol. The average Bonchev–Trinajstić information content (AvgIpc) is 2.27. The molecule has 1 heterocycles. The Morgan fingerprint density at radius 2 is 2.12 bits per heavy atom. The van der Waals surface area contributed by atoms with Crippen molar-refractivity contribution in [3.8, 4) is 0 Å². The maximum Gasteiger partial charge on any atom is 0.226 e. The molecule has 0 bridgehead atoms. The fraction of sp³-hybridized carbons (Fsp3) is 0.231. The van der Waals surface area contributed by atoms with Gasteiger partial charge in [0, 0.05) is 23.4 Å². The van der Waals surface area contributed by atoms with E-state index in [0.717, 1.165) is 10.8 Å². The lowest BCUT2D eigenvalue weighted by atomic mass is 10.2. The zero-order valence-corrected chi connectivity index (χ0v) is 10.2. The SMILES string of the molecule is CC(Cl)CC(=O)Nc1cc2ccccc2cn1. The standard InChI is InChI=1S/C13H13ClN2O/c1-9(14)6-13(17)16-12-7-10-4-2-3-5-11(10)8-15-12/h2-5,7-9H,6H2,1H3,(H,15,16,17). The molecule has 0 spiro atoms. The van der Waals surface area contributed by atoms with Crippen molar-refractivity contribution >= 4 is 34.1 Å². The smallest absolute Gasteiger partial charge is 0.226 e. The monoisotopic (exact) mass is 248 g/mol. The summed E-state index contributed by atoms with van der Waals surface area (Å²) in [6, 6.07) is 9.73. The fourth-order valence-electron chi connectivity index (χ4n) is 1.60. The molecule has 1 aromatic heterocycles. The first-order chi connectivity index (χ1) is 8.15. The zero-order valence-electron chi connectivity index (χ0n) is 9.48. The third-order valence-electron chi connectivity index (χ3n) is 2.37. The number of nitrogens with zero attached hydrogens (tertiary/aromatic N) is 1. The van der Waals surface area contributed by atoms with Gasteiger partial charge in [0.15, 0.2) is 0 Å². The lowest BCUT2D eigenvalue weighted by Gasteiger charge is -2.06. The van der Waals surface area contributed by atoms with Crippen molar-refractivity contribution < 1.29 is 4.79 Å². The fourth-order valence-corrected chi connectivity index (χ4v) is 1.74. The van der Waals surface area contributed by atoms with Gasteiger partial charge in [0.05, 0.1) is 0 Å². The van der Waals surface area contributed by atoms with Gasteiger partial charge < -0.3 is 5.32 Å². The van der Waals surface area contributed by atoms with Gasteiger partial charge in [0.2, 0.25) is 5.91 Å². The van der Waals surface area contributed by atoms with Crippen LogP contribution >= 0.6 is 11.6 Å². The van der Waals surface area contributed by atoms with E-state index >= 15 is 0 Å². The molecule has 2 rings (SSSR count). The Labute approximate surface area is 105 Å². The number of hydrogen-bond donors (Lipinski definition) is 1. The van der Waals surface area contributed by atoms with Gasteiger partial charge in [0.1, 0.15) is 5.82 Å². The van der Waals surface area contributed by atoms with Crippen LogP contribution < -0.4 is 5.32 Å². The van der Waals surface area contributed by atoms with E-state index in [1.54, 1.807) is 13.1 Å². The molecule has 0 radical (unpaired) electrons. The molecule has 2 aromatic rings. The summed E-state index contributed by atoms with van der Waals surface area (Å²) in [5.41, 5.74) is 0. The van der Waals surface area contributed by atoms with Crippen molar-refractivity contribution in [1.29, 1.82) is 0 Å². The first kappa shape index (κ1) is 11.9. The molecule has 0 aliphatic heterocycles. The number of benzene rings is 1. The zero-order chi connectivity index (χ0) is 12.3. The van der Waals surface area contributed by atoms with Crippen molar-refractivity contribution in [1.82, 2.24) is 4.98 Å². The molecule has 4 heteroatoms. The Morgan fingerprint density at radius 3 is 2.82 bits per heavy atom. The van der Waals surface area contributed by atoms with Crippen LogP contribution in [0.4, 0.5) is 5.82 Å². The molecule has 1 amide bonds. The quantitative estimate of drug-likeness (QED) is 0.848. The van der Waals surface area contributed by atoms with E-state index in [0.29, 0.717) is 5.82 Å². The largest absolute Gasteiger partial charge is 0.311 e. The molecule has 0 saturated carbocycles. The topological polar surface area (TPSA) is 42.0 Å². The molecular weight excluding hydrogens is 236 g/mol. The lowest BCUT2D eigenvalue weighted by molar-refractivity contribution is -0.116. The Hall–Kier alpha value is -1.61. The van der Waals surface area contributed by atoms with E-state index in [9.17, 15) is 4.79 Å². The van der Waals surface area contributed by atoms with Crippen LogP contribution in [0.3, 0.4) is 0 Å². The van der Waals surface area contributed by atoms with Crippen LogP contribution in [0.2, 0.25) is 0 Å². The minimum absolute atomic E-state index is 0.115. The maximum atomic E-state index is 11.5. The number of nitrogens with one attached hydrogen (secondary N) is 1. The van der Waals surface area contributed by atoms with Gasteiger partial charge in [-0.25, -0.2) is 4.98 Å². The molecule has 88 valence electrons. The second kappa shape index (κ2) is 5.15. The molecule has 1 aromatic carbocycles. The molecule has 17 heavy (non-hydrogen) atoms. The van der Waals surface area contributed by atoms with Crippen LogP contribution in [-0.2, 0) is 4.79 Å².